The fourth-order valence-corrected chi connectivity index (χ4v) is 3.20. The van der Waals surface area contributed by atoms with E-state index in [1.54, 1.807) is 0 Å². The van der Waals surface area contributed by atoms with Gasteiger partial charge in [-0.15, -0.1) is 0 Å². The fraction of sp³-hybridized carbons (Fsp3) is 0.0952. The molecule has 4 aromatic rings. The molecule has 0 aliphatic heterocycles. The summed E-state index contributed by atoms with van der Waals surface area (Å²) in [5, 5.41) is 9.08. The van der Waals surface area contributed by atoms with Gasteiger partial charge in [-0.25, -0.2) is 0 Å². The molecule has 6 heteroatoms. The highest BCUT2D eigenvalue weighted by Crippen LogP contribution is 2.23. The number of nitrogens with one attached hydrogen (secondary N) is 1. The average molecular weight is 469 g/mol. The number of aromatic nitrogens is 2. The van der Waals surface area contributed by atoms with Crippen LogP contribution in [0.1, 0.15) is 12.3 Å². The number of fused-ring (bicyclic) bond motifs is 1. The van der Waals surface area contributed by atoms with Crippen molar-refractivity contribution in [1.82, 2.24) is 10.1 Å². The molecule has 134 valence electrons. The number of amides is 1. The highest BCUT2D eigenvalue weighted by atomic mass is 127. The molecule has 3 aromatic carbocycles. The number of hydrogen-bond donors (Lipinski definition) is 1. The molecule has 0 unspecified atom stereocenters. The van der Waals surface area contributed by atoms with Crippen LogP contribution >= 0.6 is 22.6 Å². The van der Waals surface area contributed by atoms with Crippen LogP contribution in [0.4, 0.5) is 5.69 Å². The highest BCUT2D eigenvalue weighted by Gasteiger charge is 2.11. The first-order valence-corrected chi connectivity index (χ1v) is 9.63. The number of rotatable bonds is 5. The van der Waals surface area contributed by atoms with Crippen LogP contribution in [-0.4, -0.2) is 16.0 Å². The van der Waals surface area contributed by atoms with Crippen LogP contribution in [0.5, 0.6) is 0 Å². The number of anilines is 1. The van der Waals surface area contributed by atoms with Crippen molar-refractivity contribution < 1.29 is 9.32 Å². The summed E-state index contributed by atoms with van der Waals surface area (Å²) in [4.78, 5) is 16.7. The van der Waals surface area contributed by atoms with E-state index in [1.807, 2.05) is 66.7 Å². The van der Waals surface area contributed by atoms with Crippen LogP contribution < -0.4 is 5.32 Å². The summed E-state index contributed by atoms with van der Waals surface area (Å²) in [5.41, 5.74) is 1.70. The van der Waals surface area contributed by atoms with Gasteiger partial charge in [-0.05, 0) is 46.2 Å². The first kappa shape index (κ1) is 17.7. The Balaban J connectivity index is 1.40. The molecule has 0 bridgehead atoms. The molecule has 1 aromatic heterocycles. The summed E-state index contributed by atoms with van der Waals surface area (Å²) in [6.07, 6.45) is 0.672. The second-order valence-corrected chi connectivity index (χ2v) is 7.34. The Morgan fingerprint density at radius 1 is 1.00 bits per heavy atom. The second-order valence-electron chi connectivity index (χ2n) is 6.09. The van der Waals surface area contributed by atoms with Crippen molar-refractivity contribution >= 4 is 45.0 Å². The Morgan fingerprint density at radius 2 is 1.78 bits per heavy atom. The van der Waals surface area contributed by atoms with E-state index in [4.69, 9.17) is 4.52 Å². The van der Waals surface area contributed by atoms with E-state index in [2.05, 4.69) is 38.0 Å². The summed E-state index contributed by atoms with van der Waals surface area (Å²) in [6.45, 7) is 0. The van der Waals surface area contributed by atoms with Gasteiger partial charge in [0, 0.05) is 33.0 Å². The van der Waals surface area contributed by atoms with Crippen molar-refractivity contribution in [2.75, 3.05) is 5.32 Å². The average Bonchev–Trinajstić information content (AvgIpc) is 3.16. The third-order valence-electron chi connectivity index (χ3n) is 4.20. The lowest BCUT2D eigenvalue weighted by atomic mass is 10.1. The minimum absolute atomic E-state index is 0.0830. The molecule has 0 radical (unpaired) electrons. The van der Waals surface area contributed by atoms with Crippen molar-refractivity contribution in [1.29, 1.82) is 0 Å². The third kappa shape index (κ3) is 4.16. The molecule has 1 amide bonds. The summed E-state index contributed by atoms with van der Waals surface area (Å²) in [5.74, 6) is 0.910. The van der Waals surface area contributed by atoms with Crippen LogP contribution in [0.2, 0.25) is 0 Å². The van der Waals surface area contributed by atoms with Gasteiger partial charge >= 0.3 is 0 Å². The van der Waals surface area contributed by atoms with Gasteiger partial charge in [-0.1, -0.05) is 53.7 Å². The SMILES string of the molecule is O=C(CCc1nc(-c2ccc(I)cc2)no1)Nc1cccc2ccccc12. The summed E-state index contributed by atoms with van der Waals surface area (Å²) in [6, 6.07) is 21.7. The fourth-order valence-electron chi connectivity index (χ4n) is 2.84. The van der Waals surface area contributed by atoms with Crippen LogP contribution in [-0.2, 0) is 11.2 Å². The second kappa shape index (κ2) is 7.87. The standard InChI is InChI=1S/C21H16IN3O2/c22-16-10-8-15(9-11-16)21-24-20(27-25-21)13-12-19(26)23-18-7-3-5-14-4-1-2-6-17(14)18/h1-11H,12-13H2,(H,23,26). The van der Waals surface area contributed by atoms with Gasteiger partial charge < -0.3 is 9.84 Å². The minimum Gasteiger partial charge on any atom is -0.339 e. The number of carbonyl (C=O) groups is 1. The number of nitrogens with zero attached hydrogens (tertiary/aromatic N) is 2. The zero-order valence-electron chi connectivity index (χ0n) is 14.4. The van der Waals surface area contributed by atoms with E-state index in [-0.39, 0.29) is 12.3 Å². The van der Waals surface area contributed by atoms with Crippen molar-refractivity contribution in [2.24, 2.45) is 0 Å². The largest absolute Gasteiger partial charge is 0.339 e. The molecule has 0 aliphatic rings. The van der Waals surface area contributed by atoms with E-state index in [1.165, 1.54) is 0 Å². The quantitative estimate of drug-likeness (QED) is 0.415. The number of aryl methyl sites for hydroxylation is 1. The number of carbonyl (C=O) groups excluding carboxylic acids is 1. The van der Waals surface area contributed by atoms with Crippen LogP contribution in [0.25, 0.3) is 22.2 Å². The first-order valence-electron chi connectivity index (χ1n) is 8.55. The minimum atomic E-state index is -0.0830. The molecule has 5 nitrogen and oxygen atoms in total. The Kier molecular flexibility index (Phi) is 5.15. The van der Waals surface area contributed by atoms with E-state index in [9.17, 15) is 4.79 Å². The predicted octanol–water partition coefficient (Wildman–Crippen LogP) is 5.07. The highest BCUT2D eigenvalue weighted by molar-refractivity contribution is 14.1. The van der Waals surface area contributed by atoms with Gasteiger partial charge in [-0.2, -0.15) is 4.98 Å². The van der Waals surface area contributed by atoms with E-state index < -0.39 is 0 Å². The Bertz CT molecular complexity index is 1080. The molecule has 27 heavy (non-hydrogen) atoms. The molecule has 0 aliphatic carbocycles. The zero-order chi connectivity index (χ0) is 18.6. The molecule has 0 saturated carbocycles. The maximum Gasteiger partial charge on any atom is 0.227 e. The molecule has 0 fully saturated rings. The van der Waals surface area contributed by atoms with Gasteiger partial charge in [0.15, 0.2) is 0 Å². The van der Waals surface area contributed by atoms with Crippen molar-refractivity contribution in [3.8, 4) is 11.4 Å². The lowest BCUT2D eigenvalue weighted by Crippen LogP contribution is -2.12. The molecule has 0 atom stereocenters. The van der Waals surface area contributed by atoms with Crippen molar-refractivity contribution in [2.45, 2.75) is 12.8 Å². The van der Waals surface area contributed by atoms with Gasteiger partial charge in [0.2, 0.25) is 17.6 Å². The van der Waals surface area contributed by atoms with Gasteiger partial charge in [0.25, 0.3) is 0 Å². The molecule has 0 saturated heterocycles. The molecular formula is C21H16IN3O2. The normalized spacial score (nSPS) is 10.9. The molecule has 1 N–H and O–H groups in total. The first-order chi connectivity index (χ1) is 13.2. The monoisotopic (exact) mass is 469 g/mol. The summed E-state index contributed by atoms with van der Waals surface area (Å²) < 4.78 is 6.42. The molecular weight excluding hydrogens is 453 g/mol. The lowest BCUT2D eigenvalue weighted by molar-refractivity contribution is -0.116. The number of hydrogen-bond acceptors (Lipinski definition) is 4. The smallest absolute Gasteiger partial charge is 0.227 e. The van der Waals surface area contributed by atoms with Crippen LogP contribution in [0.15, 0.2) is 71.3 Å². The number of benzene rings is 3. The zero-order valence-corrected chi connectivity index (χ0v) is 16.5. The summed E-state index contributed by atoms with van der Waals surface area (Å²) in [7, 11) is 0. The van der Waals surface area contributed by atoms with Crippen LogP contribution in [0.3, 0.4) is 0 Å². The topological polar surface area (TPSA) is 68.0 Å². The molecule has 0 spiro atoms. The maximum atomic E-state index is 12.3. The van der Waals surface area contributed by atoms with Gasteiger partial charge in [0.05, 0.1) is 0 Å². The third-order valence-corrected chi connectivity index (χ3v) is 4.92. The van der Waals surface area contributed by atoms with Crippen molar-refractivity contribution in [3.63, 3.8) is 0 Å². The van der Waals surface area contributed by atoms with Gasteiger partial charge in [-0.3, -0.25) is 4.79 Å². The van der Waals surface area contributed by atoms with Gasteiger partial charge in [0.1, 0.15) is 0 Å². The summed E-state index contributed by atoms with van der Waals surface area (Å²) >= 11 is 2.25. The van der Waals surface area contributed by atoms with Crippen molar-refractivity contribution in [3.05, 3.63) is 76.2 Å². The maximum absolute atomic E-state index is 12.3. The van der Waals surface area contributed by atoms with E-state index in [0.29, 0.717) is 18.1 Å². The number of halogens is 1. The van der Waals surface area contributed by atoms with Crippen LogP contribution in [0, 0.1) is 3.57 Å². The molecule has 1 heterocycles. The predicted molar refractivity (Wildman–Crippen MR) is 113 cm³/mol. The lowest BCUT2D eigenvalue weighted by Gasteiger charge is -2.08. The van der Waals surface area contributed by atoms with E-state index in [0.717, 1.165) is 25.6 Å². The van der Waals surface area contributed by atoms with E-state index >= 15 is 0 Å². The Hall–Kier alpha value is -2.74. The Labute approximate surface area is 169 Å². The molecule has 4 rings (SSSR count). The Morgan fingerprint density at radius 3 is 2.63 bits per heavy atom.